The third-order valence-electron chi connectivity index (χ3n) is 6.64. The van der Waals surface area contributed by atoms with Crippen LogP contribution in [-0.2, 0) is 5.41 Å². The fourth-order valence-corrected chi connectivity index (χ4v) is 4.75. The molecule has 0 radical (unpaired) electrons. The van der Waals surface area contributed by atoms with E-state index in [2.05, 4.69) is 36.5 Å². The highest BCUT2D eigenvalue weighted by Crippen LogP contribution is 2.48. The Balaban J connectivity index is 1.24. The summed E-state index contributed by atoms with van der Waals surface area (Å²) in [5.41, 5.74) is 3.42. The molecule has 5 rings (SSSR count). The number of β-amino-alcohol motifs (C(OH)–C–C–N with tert-alkyl or cyclic N) is 1. The number of hydrogen-bond acceptors (Lipinski definition) is 8. The van der Waals surface area contributed by atoms with Crippen LogP contribution in [0.15, 0.2) is 54.7 Å². The van der Waals surface area contributed by atoms with Gasteiger partial charge in [-0.25, -0.2) is 4.98 Å². The molecule has 1 aliphatic carbocycles. The third kappa shape index (κ3) is 5.33. The summed E-state index contributed by atoms with van der Waals surface area (Å²) in [6.45, 7) is 4.47. The number of nitrogens with zero attached hydrogens (tertiary/aromatic N) is 5. The van der Waals surface area contributed by atoms with Gasteiger partial charge in [-0.15, -0.1) is 0 Å². The van der Waals surface area contributed by atoms with Crippen molar-refractivity contribution >= 4 is 40.4 Å². The lowest BCUT2D eigenvalue weighted by Gasteiger charge is -2.36. The van der Waals surface area contributed by atoms with Gasteiger partial charge in [0.15, 0.2) is 0 Å². The Morgan fingerprint density at radius 1 is 1.03 bits per heavy atom. The van der Waals surface area contributed by atoms with E-state index in [0.717, 1.165) is 61.6 Å². The van der Waals surface area contributed by atoms with E-state index in [9.17, 15) is 5.26 Å². The molecule has 2 heterocycles. The number of hydrogen-bond donors (Lipinski definition) is 3. The zero-order valence-corrected chi connectivity index (χ0v) is 20.2. The number of aliphatic hydroxyl groups is 1. The van der Waals surface area contributed by atoms with Gasteiger partial charge in [0.25, 0.3) is 0 Å². The van der Waals surface area contributed by atoms with Gasteiger partial charge in [-0.3, -0.25) is 4.90 Å². The summed E-state index contributed by atoms with van der Waals surface area (Å²) < 4.78 is 0. The van der Waals surface area contributed by atoms with E-state index in [4.69, 9.17) is 16.7 Å². The van der Waals surface area contributed by atoms with Crippen LogP contribution in [-0.4, -0.2) is 59.3 Å². The second kappa shape index (κ2) is 10.1. The van der Waals surface area contributed by atoms with E-state index >= 15 is 0 Å². The van der Waals surface area contributed by atoms with E-state index in [-0.39, 0.29) is 12.0 Å². The number of nitrogens with one attached hydrogen (secondary N) is 2. The number of rotatable bonds is 8. The number of aliphatic hydroxyl groups excluding tert-OH is 1. The van der Waals surface area contributed by atoms with E-state index in [1.807, 2.05) is 48.5 Å². The molecule has 3 aromatic rings. The summed E-state index contributed by atoms with van der Waals surface area (Å²) in [7, 11) is 0. The second-order valence-corrected chi connectivity index (χ2v) is 9.42. The average Bonchev–Trinajstić information content (AvgIpc) is 3.67. The molecular formula is C26H28ClN7O. The Bertz CT molecular complexity index is 1230. The number of benzene rings is 2. The van der Waals surface area contributed by atoms with Crippen LogP contribution in [0.3, 0.4) is 0 Å². The van der Waals surface area contributed by atoms with Crippen molar-refractivity contribution in [3.05, 3.63) is 65.3 Å². The molecule has 0 spiro atoms. The molecule has 1 saturated heterocycles. The number of piperazine rings is 1. The molecule has 2 aliphatic rings. The highest BCUT2D eigenvalue weighted by Gasteiger charge is 2.44. The molecule has 1 aromatic heterocycles. The summed E-state index contributed by atoms with van der Waals surface area (Å²) in [6, 6.07) is 18.1. The molecule has 35 heavy (non-hydrogen) atoms. The summed E-state index contributed by atoms with van der Waals surface area (Å²) in [5.74, 6) is 1.12. The summed E-state index contributed by atoms with van der Waals surface area (Å²) >= 11 is 6.62. The van der Waals surface area contributed by atoms with E-state index < -0.39 is 0 Å². The van der Waals surface area contributed by atoms with Gasteiger partial charge < -0.3 is 20.6 Å². The molecule has 1 aliphatic heterocycles. The Labute approximate surface area is 210 Å². The Morgan fingerprint density at radius 3 is 2.54 bits per heavy atom. The highest BCUT2D eigenvalue weighted by molar-refractivity contribution is 6.33. The van der Waals surface area contributed by atoms with Crippen molar-refractivity contribution in [3.8, 4) is 6.07 Å². The monoisotopic (exact) mass is 489 g/mol. The maximum atomic E-state index is 9.49. The van der Waals surface area contributed by atoms with Gasteiger partial charge in [0, 0.05) is 50.3 Å². The van der Waals surface area contributed by atoms with Crippen molar-refractivity contribution < 1.29 is 5.11 Å². The van der Waals surface area contributed by atoms with Crippen molar-refractivity contribution in [2.24, 2.45) is 0 Å². The molecule has 2 fully saturated rings. The van der Waals surface area contributed by atoms with Gasteiger partial charge in [0.2, 0.25) is 5.95 Å². The van der Waals surface area contributed by atoms with E-state index in [1.54, 1.807) is 6.20 Å². The topological polar surface area (TPSA) is 100 Å². The van der Waals surface area contributed by atoms with E-state index in [1.165, 1.54) is 0 Å². The average molecular weight is 490 g/mol. The van der Waals surface area contributed by atoms with Crippen LogP contribution in [0.25, 0.3) is 0 Å². The first-order valence-corrected chi connectivity index (χ1v) is 12.2. The molecule has 0 atom stereocenters. The Hall–Kier alpha value is -3.38. The number of nitriles is 1. The molecule has 9 heteroatoms. The largest absolute Gasteiger partial charge is 0.395 e. The predicted molar refractivity (Wildman–Crippen MR) is 139 cm³/mol. The fraction of sp³-hybridized carbons (Fsp3) is 0.346. The molecule has 1 saturated carbocycles. The van der Waals surface area contributed by atoms with Gasteiger partial charge in [-0.05, 0) is 54.8 Å². The van der Waals surface area contributed by atoms with Crippen LogP contribution in [0.5, 0.6) is 0 Å². The van der Waals surface area contributed by atoms with Crippen LogP contribution >= 0.6 is 11.6 Å². The van der Waals surface area contributed by atoms with Crippen LogP contribution in [0.1, 0.15) is 18.4 Å². The Morgan fingerprint density at radius 2 is 1.83 bits per heavy atom. The molecule has 8 nitrogen and oxygen atoms in total. The smallest absolute Gasteiger partial charge is 0.229 e. The molecule has 180 valence electrons. The van der Waals surface area contributed by atoms with Crippen LogP contribution < -0.4 is 15.5 Å². The van der Waals surface area contributed by atoms with Crippen molar-refractivity contribution in [1.82, 2.24) is 14.9 Å². The Kier molecular flexibility index (Phi) is 6.73. The van der Waals surface area contributed by atoms with E-state index in [0.29, 0.717) is 23.3 Å². The maximum Gasteiger partial charge on any atom is 0.229 e. The zero-order valence-electron chi connectivity index (χ0n) is 19.4. The van der Waals surface area contributed by atoms with Crippen molar-refractivity contribution in [2.75, 3.05) is 54.9 Å². The summed E-state index contributed by atoms with van der Waals surface area (Å²) in [6.07, 6.45) is 3.52. The molecule has 0 amide bonds. The lowest BCUT2D eigenvalue weighted by atomic mass is 9.97. The zero-order chi connectivity index (χ0) is 24.3. The maximum absolute atomic E-state index is 9.49. The first-order chi connectivity index (χ1) is 17.1. The normalized spacial score (nSPS) is 17.0. The first-order valence-electron chi connectivity index (χ1n) is 11.9. The minimum Gasteiger partial charge on any atom is -0.395 e. The second-order valence-electron chi connectivity index (χ2n) is 9.01. The fourth-order valence-electron chi connectivity index (χ4n) is 4.45. The quantitative estimate of drug-likeness (QED) is 0.431. The van der Waals surface area contributed by atoms with Crippen LogP contribution in [0.2, 0.25) is 5.02 Å². The van der Waals surface area contributed by atoms with Gasteiger partial charge in [-0.2, -0.15) is 10.2 Å². The van der Waals surface area contributed by atoms with Gasteiger partial charge >= 0.3 is 0 Å². The predicted octanol–water partition coefficient (Wildman–Crippen LogP) is 4.29. The van der Waals surface area contributed by atoms with Gasteiger partial charge in [0.1, 0.15) is 5.82 Å². The van der Waals surface area contributed by atoms with Crippen molar-refractivity contribution in [1.29, 1.82) is 5.26 Å². The SMILES string of the molecule is N#CC1(c2cccc(Nc3ccnc(Nc4ccc(N5CCN(CCO)CC5)c(Cl)c4)n3)c2)CC1. The standard InChI is InChI=1S/C26H28ClN7O/c27-22-17-21(4-5-23(22)34-12-10-33(11-13-34)14-15-35)31-25-29-9-6-24(32-25)30-20-3-1-2-19(16-20)26(18-28)7-8-26/h1-6,9,16-17,35H,7-8,10-15H2,(H2,29,30,31,32). The van der Waals surface area contributed by atoms with Crippen molar-refractivity contribution in [3.63, 3.8) is 0 Å². The van der Waals surface area contributed by atoms with Crippen LogP contribution in [0.4, 0.5) is 28.8 Å². The number of halogens is 1. The lowest BCUT2D eigenvalue weighted by molar-refractivity contribution is 0.189. The first kappa shape index (κ1) is 23.4. The summed E-state index contributed by atoms with van der Waals surface area (Å²) in [5, 5.41) is 25.8. The number of aromatic nitrogens is 2. The minimum absolute atomic E-state index is 0.189. The highest BCUT2D eigenvalue weighted by atomic mass is 35.5. The lowest BCUT2D eigenvalue weighted by Crippen LogP contribution is -2.47. The van der Waals surface area contributed by atoms with Crippen LogP contribution in [0, 0.1) is 11.3 Å². The third-order valence-corrected chi connectivity index (χ3v) is 6.94. The molecule has 2 aromatic carbocycles. The molecule has 0 bridgehead atoms. The molecule has 0 unspecified atom stereocenters. The summed E-state index contributed by atoms with van der Waals surface area (Å²) in [4.78, 5) is 13.4. The molecule has 3 N–H and O–H groups in total. The minimum atomic E-state index is -0.325. The van der Waals surface area contributed by atoms with Crippen molar-refractivity contribution in [2.45, 2.75) is 18.3 Å². The number of anilines is 5. The van der Waals surface area contributed by atoms with Gasteiger partial charge in [-0.1, -0.05) is 23.7 Å². The van der Waals surface area contributed by atoms with Gasteiger partial charge in [0.05, 0.1) is 28.8 Å². The molecular weight excluding hydrogens is 462 g/mol.